The van der Waals surface area contributed by atoms with Gasteiger partial charge in [-0.1, -0.05) is 115 Å². The van der Waals surface area contributed by atoms with Crippen LogP contribution in [0.2, 0.25) is 0 Å². The van der Waals surface area contributed by atoms with Crippen molar-refractivity contribution in [1.29, 1.82) is 0 Å². The molecule has 3 aromatic heterocycles. The molecule has 0 amide bonds. The highest BCUT2D eigenvalue weighted by Crippen LogP contribution is 2.48. The first-order chi connectivity index (χ1) is 27.7. The van der Waals surface area contributed by atoms with E-state index < -0.39 is 0 Å². The Morgan fingerprint density at radius 3 is 1.55 bits per heavy atom. The number of aromatic nitrogens is 3. The van der Waals surface area contributed by atoms with E-state index in [4.69, 9.17) is 4.98 Å². The van der Waals surface area contributed by atoms with Crippen molar-refractivity contribution >= 4 is 76.1 Å². The lowest BCUT2D eigenvalue weighted by Gasteiger charge is -2.11. The third-order valence-corrected chi connectivity index (χ3v) is 12.2. The number of benzene rings is 9. The summed E-state index contributed by atoms with van der Waals surface area (Å²) in [6.45, 7) is 0. The summed E-state index contributed by atoms with van der Waals surface area (Å²) >= 11 is 0. The SMILES string of the molecule is c1ccc(-n2c3ccccc3c3cc4cc(-c5ccc6cc7c(cc6c5)c5ccccc5n7-c5cc6c7c(cccc7n5)-c5ccccc5-6)ccc4cc32)cc1. The van der Waals surface area contributed by atoms with Crippen molar-refractivity contribution in [1.82, 2.24) is 14.1 Å². The third-order valence-electron chi connectivity index (χ3n) is 12.2. The van der Waals surface area contributed by atoms with Crippen LogP contribution in [0.3, 0.4) is 0 Å². The molecule has 0 aliphatic heterocycles. The highest BCUT2D eigenvalue weighted by atomic mass is 15.1. The Morgan fingerprint density at radius 1 is 0.321 bits per heavy atom. The van der Waals surface area contributed by atoms with E-state index in [0.29, 0.717) is 0 Å². The molecule has 1 aliphatic rings. The molecule has 12 aromatic rings. The fourth-order valence-electron chi connectivity index (χ4n) is 9.66. The Hall–Kier alpha value is -7.49. The molecule has 9 aromatic carbocycles. The minimum Gasteiger partial charge on any atom is -0.309 e. The number of pyridine rings is 1. The minimum atomic E-state index is 0.945. The summed E-state index contributed by atoms with van der Waals surface area (Å²) in [7, 11) is 0. The van der Waals surface area contributed by atoms with Crippen LogP contribution in [0.5, 0.6) is 0 Å². The van der Waals surface area contributed by atoms with Crippen LogP contribution in [0.1, 0.15) is 0 Å². The predicted molar refractivity (Wildman–Crippen MR) is 235 cm³/mol. The average molecular weight is 710 g/mol. The van der Waals surface area contributed by atoms with E-state index in [1.807, 2.05) is 0 Å². The molecule has 0 fully saturated rings. The Morgan fingerprint density at radius 2 is 0.875 bits per heavy atom. The minimum absolute atomic E-state index is 0.945. The number of hydrogen-bond acceptors (Lipinski definition) is 1. The van der Waals surface area contributed by atoms with Gasteiger partial charge in [-0.05, 0) is 128 Å². The van der Waals surface area contributed by atoms with Gasteiger partial charge in [0.2, 0.25) is 0 Å². The summed E-state index contributed by atoms with van der Waals surface area (Å²) in [5.74, 6) is 0.945. The van der Waals surface area contributed by atoms with Gasteiger partial charge in [0.1, 0.15) is 5.82 Å². The van der Waals surface area contributed by atoms with Crippen LogP contribution in [0, 0.1) is 0 Å². The van der Waals surface area contributed by atoms with Crippen molar-refractivity contribution < 1.29 is 0 Å². The zero-order valence-corrected chi connectivity index (χ0v) is 30.2. The zero-order chi connectivity index (χ0) is 36.5. The van der Waals surface area contributed by atoms with Crippen LogP contribution >= 0.6 is 0 Å². The lowest BCUT2D eigenvalue weighted by Crippen LogP contribution is -1.98. The molecule has 0 atom stereocenters. The molecule has 13 rings (SSSR count). The first kappa shape index (κ1) is 29.9. The summed E-state index contributed by atoms with van der Waals surface area (Å²) in [4.78, 5) is 5.34. The Labute approximate surface area is 321 Å². The largest absolute Gasteiger partial charge is 0.309 e. The van der Waals surface area contributed by atoms with Crippen LogP contribution in [0.25, 0.3) is 121 Å². The van der Waals surface area contributed by atoms with Crippen molar-refractivity contribution in [3.8, 4) is 44.9 Å². The van der Waals surface area contributed by atoms with Crippen LogP contribution in [-0.4, -0.2) is 14.1 Å². The van der Waals surface area contributed by atoms with Crippen molar-refractivity contribution in [2.75, 3.05) is 0 Å². The lowest BCUT2D eigenvalue weighted by molar-refractivity contribution is 1.10. The third kappa shape index (κ3) is 4.09. The summed E-state index contributed by atoms with van der Waals surface area (Å²) in [5.41, 5.74) is 14.5. The fourth-order valence-corrected chi connectivity index (χ4v) is 9.66. The van der Waals surface area contributed by atoms with E-state index in [1.54, 1.807) is 0 Å². The van der Waals surface area contributed by atoms with E-state index in [9.17, 15) is 0 Å². The topological polar surface area (TPSA) is 22.8 Å². The van der Waals surface area contributed by atoms with E-state index in [0.717, 1.165) is 22.4 Å². The fraction of sp³-hybridized carbons (Fsp3) is 0. The zero-order valence-electron chi connectivity index (χ0n) is 30.2. The molecule has 3 heterocycles. The van der Waals surface area contributed by atoms with Gasteiger partial charge in [-0.25, -0.2) is 4.98 Å². The smallest absolute Gasteiger partial charge is 0.138 e. The molecular formula is C53H31N3. The Kier molecular flexibility index (Phi) is 5.89. The second-order valence-corrected chi connectivity index (χ2v) is 15.2. The normalized spacial score (nSPS) is 12.3. The van der Waals surface area contributed by atoms with Crippen LogP contribution in [0.4, 0.5) is 0 Å². The summed E-state index contributed by atoms with van der Waals surface area (Å²) < 4.78 is 4.75. The van der Waals surface area contributed by atoms with Gasteiger partial charge in [-0.15, -0.1) is 0 Å². The van der Waals surface area contributed by atoms with Gasteiger partial charge in [-0.2, -0.15) is 0 Å². The second kappa shape index (κ2) is 11.0. The van der Waals surface area contributed by atoms with E-state index in [1.165, 1.54) is 98.6 Å². The van der Waals surface area contributed by atoms with Gasteiger partial charge in [0.15, 0.2) is 0 Å². The number of nitrogens with zero attached hydrogens (tertiary/aromatic N) is 3. The maximum atomic E-state index is 5.34. The van der Waals surface area contributed by atoms with Crippen molar-refractivity contribution in [3.63, 3.8) is 0 Å². The molecule has 0 saturated carbocycles. The molecule has 1 aliphatic carbocycles. The van der Waals surface area contributed by atoms with Gasteiger partial charge in [0, 0.05) is 32.6 Å². The summed E-state index contributed by atoms with van der Waals surface area (Å²) in [6.07, 6.45) is 0. The molecule has 0 N–H and O–H groups in total. The molecule has 56 heavy (non-hydrogen) atoms. The standard InChI is InChI=1S/C53H31N3/c1-2-11-38(12-3-1)55-48-19-8-6-15-41(48)44-27-36-25-32(21-23-34(36)29-50(44)55)33-22-24-35-30-51-45(28-37(35)26-33)42-16-7-9-20-49(42)56(51)52-31-46-40-14-5-4-13-39(40)43-17-10-18-47(54-52)53(43)46/h1-31H. The Bertz CT molecular complexity index is 3640. The first-order valence-electron chi connectivity index (χ1n) is 19.3. The number of para-hydroxylation sites is 3. The predicted octanol–water partition coefficient (Wildman–Crippen LogP) is 14.0. The van der Waals surface area contributed by atoms with Crippen molar-refractivity contribution in [3.05, 3.63) is 188 Å². The van der Waals surface area contributed by atoms with Gasteiger partial charge in [0.25, 0.3) is 0 Å². The van der Waals surface area contributed by atoms with Crippen LogP contribution in [-0.2, 0) is 0 Å². The molecule has 258 valence electrons. The van der Waals surface area contributed by atoms with Crippen molar-refractivity contribution in [2.24, 2.45) is 0 Å². The summed E-state index contributed by atoms with van der Waals surface area (Å²) in [6, 6.07) is 69.0. The molecule has 0 saturated heterocycles. The number of hydrogen-bond donors (Lipinski definition) is 0. The van der Waals surface area contributed by atoms with E-state index in [2.05, 4.69) is 197 Å². The van der Waals surface area contributed by atoms with E-state index in [-0.39, 0.29) is 0 Å². The quantitative estimate of drug-likeness (QED) is 0.179. The number of fused-ring (bicyclic) bond motifs is 11. The summed E-state index contributed by atoms with van der Waals surface area (Å²) in [5, 5.41) is 11.1. The average Bonchev–Trinajstić information content (AvgIpc) is 3.88. The lowest BCUT2D eigenvalue weighted by atomic mass is 9.97. The molecule has 3 nitrogen and oxygen atoms in total. The highest BCUT2D eigenvalue weighted by Gasteiger charge is 2.24. The van der Waals surface area contributed by atoms with Gasteiger partial charge >= 0.3 is 0 Å². The molecule has 0 unspecified atom stereocenters. The van der Waals surface area contributed by atoms with Crippen LogP contribution < -0.4 is 0 Å². The van der Waals surface area contributed by atoms with Crippen LogP contribution in [0.15, 0.2) is 188 Å². The molecular weight excluding hydrogens is 679 g/mol. The monoisotopic (exact) mass is 709 g/mol. The first-order valence-corrected chi connectivity index (χ1v) is 19.3. The highest BCUT2D eigenvalue weighted by molar-refractivity contribution is 6.17. The Balaban J connectivity index is 0.972. The van der Waals surface area contributed by atoms with Crippen molar-refractivity contribution in [2.45, 2.75) is 0 Å². The van der Waals surface area contributed by atoms with Gasteiger partial charge in [0.05, 0.1) is 27.6 Å². The molecule has 0 radical (unpaired) electrons. The molecule has 3 heteroatoms. The maximum absolute atomic E-state index is 5.34. The molecule has 0 spiro atoms. The number of rotatable bonds is 3. The maximum Gasteiger partial charge on any atom is 0.138 e. The molecule has 0 bridgehead atoms. The second-order valence-electron chi connectivity index (χ2n) is 15.2. The van der Waals surface area contributed by atoms with E-state index >= 15 is 0 Å². The van der Waals surface area contributed by atoms with Gasteiger partial charge < -0.3 is 4.57 Å². The van der Waals surface area contributed by atoms with Gasteiger partial charge in [-0.3, -0.25) is 4.57 Å².